The molecule has 1 rings (SSSR count). The van der Waals surface area contributed by atoms with Crippen molar-refractivity contribution in [2.24, 2.45) is 5.92 Å². The number of thiol groups is 1. The first-order valence-electron chi connectivity index (χ1n) is 4.44. The zero-order valence-electron chi connectivity index (χ0n) is 7.35. The lowest BCUT2D eigenvalue weighted by Gasteiger charge is -2.32. The minimum absolute atomic E-state index is 0.247. The maximum Gasteiger partial charge on any atom is 0.391 e. The van der Waals surface area contributed by atoms with Gasteiger partial charge in [-0.15, -0.1) is 0 Å². The van der Waals surface area contributed by atoms with Crippen LogP contribution in [0.15, 0.2) is 0 Å². The molecule has 5 heteroatoms. The molecule has 0 aromatic carbocycles. The SMILES string of the molecule is FC(F)(F)C1CCN(CCS)CC1. The van der Waals surface area contributed by atoms with E-state index in [2.05, 4.69) is 12.6 Å². The second-order valence-electron chi connectivity index (χ2n) is 3.38. The third-order valence-corrected chi connectivity index (χ3v) is 2.67. The van der Waals surface area contributed by atoms with Gasteiger partial charge in [-0.25, -0.2) is 0 Å². The highest BCUT2D eigenvalue weighted by molar-refractivity contribution is 7.80. The predicted octanol–water partition coefficient (Wildman–Crippen LogP) is 2.19. The summed E-state index contributed by atoms with van der Waals surface area (Å²) in [5, 5.41) is 0. The fourth-order valence-corrected chi connectivity index (χ4v) is 1.91. The van der Waals surface area contributed by atoms with Crippen molar-refractivity contribution in [3.05, 3.63) is 0 Å². The Morgan fingerprint density at radius 1 is 1.23 bits per heavy atom. The monoisotopic (exact) mass is 213 g/mol. The summed E-state index contributed by atoms with van der Waals surface area (Å²) in [4.78, 5) is 2.04. The van der Waals surface area contributed by atoms with E-state index in [9.17, 15) is 13.2 Å². The van der Waals surface area contributed by atoms with Crippen LogP contribution in [0.1, 0.15) is 12.8 Å². The van der Waals surface area contributed by atoms with Gasteiger partial charge in [-0.1, -0.05) is 0 Å². The molecule has 1 heterocycles. The summed E-state index contributed by atoms with van der Waals surface area (Å²) >= 11 is 4.05. The van der Waals surface area contributed by atoms with E-state index in [0.29, 0.717) is 13.1 Å². The quantitative estimate of drug-likeness (QED) is 0.688. The molecule has 0 spiro atoms. The topological polar surface area (TPSA) is 3.24 Å². The predicted molar refractivity (Wildman–Crippen MR) is 49.1 cm³/mol. The number of hydrogen-bond donors (Lipinski definition) is 1. The maximum absolute atomic E-state index is 12.2. The van der Waals surface area contributed by atoms with Crippen molar-refractivity contribution >= 4 is 12.6 Å². The third kappa shape index (κ3) is 3.38. The van der Waals surface area contributed by atoms with Gasteiger partial charge in [-0.2, -0.15) is 25.8 Å². The summed E-state index contributed by atoms with van der Waals surface area (Å²) < 4.78 is 36.7. The Kier molecular flexibility index (Phi) is 3.91. The van der Waals surface area contributed by atoms with Crippen LogP contribution in [-0.4, -0.2) is 36.5 Å². The molecule has 0 N–H and O–H groups in total. The molecule has 0 amide bonds. The van der Waals surface area contributed by atoms with Crippen molar-refractivity contribution in [1.82, 2.24) is 4.90 Å². The molecule has 13 heavy (non-hydrogen) atoms. The van der Waals surface area contributed by atoms with E-state index in [0.717, 1.165) is 12.3 Å². The Morgan fingerprint density at radius 3 is 2.15 bits per heavy atom. The van der Waals surface area contributed by atoms with Gasteiger partial charge in [0.05, 0.1) is 5.92 Å². The lowest BCUT2D eigenvalue weighted by atomic mass is 9.96. The molecule has 0 bridgehead atoms. The number of piperidine rings is 1. The van der Waals surface area contributed by atoms with Gasteiger partial charge in [0.15, 0.2) is 0 Å². The van der Waals surface area contributed by atoms with Crippen LogP contribution >= 0.6 is 12.6 Å². The van der Waals surface area contributed by atoms with Gasteiger partial charge in [0, 0.05) is 12.3 Å². The van der Waals surface area contributed by atoms with E-state index in [1.54, 1.807) is 0 Å². The van der Waals surface area contributed by atoms with Crippen LogP contribution in [0.4, 0.5) is 13.2 Å². The lowest BCUT2D eigenvalue weighted by Crippen LogP contribution is -2.39. The molecule has 0 aromatic rings. The van der Waals surface area contributed by atoms with Crippen LogP contribution in [0.25, 0.3) is 0 Å². The van der Waals surface area contributed by atoms with Gasteiger partial charge in [-0.05, 0) is 25.9 Å². The number of likely N-dealkylation sites (tertiary alicyclic amines) is 1. The molecule has 1 aliphatic heterocycles. The highest BCUT2D eigenvalue weighted by Gasteiger charge is 2.40. The van der Waals surface area contributed by atoms with Gasteiger partial charge in [0.2, 0.25) is 0 Å². The minimum atomic E-state index is -3.99. The number of nitrogens with zero attached hydrogens (tertiary/aromatic N) is 1. The first kappa shape index (κ1) is 11.2. The van der Waals surface area contributed by atoms with Crippen LogP contribution in [0.3, 0.4) is 0 Å². The normalized spacial score (nSPS) is 22.2. The molecule has 0 unspecified atom stereocenters. The Bertz CT molecular complexity index is 152. The zero-order chi connectivity index (χ0) is 9.90. The Hall–Kier alpha value is 0.100. The fourth-order valence-electron chi connectivity index (χ4n) is 1.63. The van der Waals surface area contributed by atoms with Gasteiger partial charge in [0.25, 0.3) is 0 Å². The fraction of sp³-hybridized carbons (Fsp3) is 1.00. The Labute approximate surface area is 81.7 Å². The van der Waals surface area contributed by atoms with Crippen molar-refractivity contribution in [3.63, 3.8) is 0 Å². The van der Waals surface area contributed by atoms with Gasteiger partial charge < -0.3 is 4.90 Å². The van der Waals surface area contributed by atoms with E-state index in [-0.39, 0.29) is 12.8 Å². The van der Waals surface area contributed by atoms with Crippen LogP contribution < -0.4 is 0 Å². The van der Waals surface area contributed by atoms with Crippen LogP contribution in [0.5, 0.6) is 0 Å². The van der Waals surface area contributed by atoms with E-state index in [1.165, 1.54) is 0 Å². The van der Waals surface area contributed by atoms with Crippen molar-refractivity contribution in [2.75, 3.05) is 25.4 Å². The second kappa shape index (κ2) is 4.55. The van der Waals surface area contributed by atoms with Gasteiger partial charge in [0.1, 0.15) is 0 Å². The number of rotatable bonds is 2. The molecule has 0 atom stereocenters. The number of halogens is 3. The molecule has 78 valence electrons. The van der Waals surface area contributed by atoms with Crippen LogP contribution in [0.2, 0.25) is 0 Å². The summed E-state index contributed by atoms with van der Waals surface area (Å²) in [7, 11) is 0. The molecule has 1 nitrogen and oxygen atoms in total. The van der Waals surface area contributed by atoms with Crippen molar-refractivity contribution < 1.29 is 13.2 Å². The summed E-state index contributed by atoms with van der Waals surface area (Å²) in [6, 6.07) is 0. The standard InChI is InChI=1S/C8H14F3NS/c9-8(10,11)7-1-3-12(4-2-7)5-6-13/h7,13H,1-6H2. The van der Waals surface area contributed by atoms with E-state index < -0.39 is 12.1 Å². The molecule has 0 aliphatic carbocycles. The largest absolute Gasteiger partial charge is 0.391 e. The van der Waals surface area contributed by atoms with E-state index in [4.69, 9.17) is 0 Å². The average molecular weight is 213 g/mol. The maximum atomic E-state index is 12.2. The van der Waals surface area contributed by atoms with E-state index >= 15 is 0 Å². The average Bonchev–Trinajstić information content (AvgIpc) is 2.04. The molecule has 0 saturated carbocycles. The molecule has 1 aliphatic rings. The minimum Gasteiger partial charge on any atom is -0.302 e. The molecule has 1 fully saturated rings. The van der Waals surface area contributed by atoms with Crippen molar-refractivity contribution in [2.45, 2.75) is 19.0 Å². The van der Waals surface area contributed by atoms with Crippen LogP contribution in [-0.2, 0) is 0 Å². The number of alkyl halides is 3. The lowest BCUT2D eigenvalue weighted by molar-refractivity contribution is -0.184. The van der Waals surface area contributed by atoms with E-state index in [1.807, 2.05) is 4.90 Å². The van der Waals surface area contributed by atoms with Crippen molar-refractivity contribution in [1.29, 1.82) is 0 Å². The summed E-state index contributed by atoms with van der Waals surface area (Å²) in [6.07, 6.45) is -3.50. The highest BCUT2D eigenvalue weighted by atomic mass is 32.1. The van der Waals surface area contributed by atoms with Crippen LogP contribution in [0, 0.1) is 5.92 Å². The summed E-state index contributed by atoms with van der Waals surface area (Å²) in [5.41, 5.74) is 0. The molecule has 0 aromatic heterocycles. The third-order valence-electron chi connectivity index (χ3n) is 2.47. The molecular formula is C8H14F3NS. The Morgan fingerprint density at radius 2 is 1.77 bits per heavy atom. The highest BCUT2D eigenvalue weighted by Crippen LogP contribution is 2.33. The molecular weight excluding hydrogens is 199 g/mol. The first-order chi connectivity index (χ1) is 6.04. The molecule has 1 saturated heterocycles. The summed E-state index contributed by atoms with van der Waals surface area (Å²) in [5.74, 6) is -0.361. The number of hydrogen-bond acceptors (Lipinski definition) is 2. The van der Waals surface area contributed by atoms with Gasteiger partial charge in [-0.3, -0.25) is 0 Å². The molecule has 0 radical (unpaired) electrons. The second-order valence-corrected chi connectivity index (χ2v) is 3.83. The van der Waals surface area contributed by atoms with Crippen molar-refractivity contribution in [3.8, 4) is 0 Å². The smallest absolute Gasteiger partial charge is 0.302 e. The summed E-state index contributed by atoms with van der Waals surface area (Å²) in [6.45, 7) is 1.92. The van der Waals surface area contributed by atoms with Gasteiger partial charge >= 0.3 is 6.18 Å². The Balaban J connectivity index is 2.30. The zero-order valence-corrected chi connectivity index (χ0v) is 8.24. The first-order valence-corrected chi connectivity index (χ1v) is 5.07.